The Morgan fingerprint density at radius 3 is 2.74 bits per heavy atom. The van der Waals surface area contributed by atoms with E-state index in [1.54, 1.807) is 23.9 Å². The molecule has 0 amide bonds. The molecular formula is C14H17ClN2OS. The monoisotopic (exact) mass is 296 g/mol. The number of hydrogen-bond donors (Lipinski definition) is 2. The minimum absolute atomic E-state index is 0.0771. The molecular weight excluding hydrogens is 280 g/mol. The Morgan fingerprint density at radius 2 is 2.05 bits per heavy atom. The molecule has 2 rings (SSSR count). The van der Waals surface area contributed by atoms with Gasteiger partial charge < -0.3 is 10.6 Å². The number of hydrogen-bond acceptors (Lipinski definition) is 4. The number of halogens is 1. The number of carbonyl (C=O) groups excluding carboxylic acids is 1. The highest BCUT2D eigenvalue weighted by Crippen LogP contribution is 2.35. The zero-order chi connectivity index (χ0) is 13.8. The van der Waals surface area contributed by atoms with E-state index in [1.165, 1.54) is 0 Å². The van der Waals surface area contributed by atoms with Crippen LogP contribution in [0.3, 0.4) is 0 Å². The summed E-state index contributed by atoms with van der Waals surface area (Å²) in [5.41, 5.74) is 2.30. The molecule has 0 fully saturated rings. The molecule has 102 valence electrons. The molecule has 0 saturated heterocycles. The van der Waals surface area contributed by atoms with Gasteiger partial charge in [0.25, 0.3) is 0 Å². The van der Waals surface area contributed by atoms with Crippen molar-refractivity contribution in [3.63, 3.8) is 0 Å². The Bertz CT molecular complexity index is 516. The molecule has 0 atom stereocenters. The van der Waals surface area contributed by atoms with Gasteiger partial charge in [0.1, 0.15) is 5.82 Å². The fourth-order valence-electron chi connectivity index (χ4n) is 1.84. The first kappa shape index (κ1) is 14.3. The first-order valence-corrected chi connectivity index (χ1v) is 7.82. The second kappa shape index (κ2) is 6.35. The van der Waals surface area contributed by atoms with Crippen LogP contribution in [0.15, 0.2) is 24.5 Å². The van der Waals surface area contributed by atoms with Crippen molar-refractivity contribution in [3.8, 4) is 0 Å². The van der Waals surface area contributed by atoms with Crippen LogP contribution in [0.25, 0.3) is 0 Å². The summed E-state index contributed by atoms with van der Waals surface area (Å²) in [5, 5.41) is 6.62. The smallest absolute Gasteiger partial charge is 0.174 e. The number of nitrogens with one attached hydrogen (secondary N) is 2. The highest BCUT2D eigenvalue weighted by Gasteiger charge is 2.18. The molecule has 3 nitrogen and oxygen atoms in total. The van der Waals surface area contributed by atoms with Gasteiger partial charge in [-0.25, -0.2) is 0 Å². The average molecular weight is 297 g/mol. The van der Waals surface area contributed by atoms with Gasteiger partial charge in [-0.1, -0.05) is 31.5 Å². The quantitative estimate of drug-likeness (QED) is 0.604. The van der Waals surface area contributed by atoms with Gasteiger partial charge in [-0.3, -0.25) is 4.79 Å². The maximum atomic E-state index is 12.1. The van der Waals surface area contributed by atoms with E-state index in [-0.39, 0.29) is 5.78 Å². The molecule has 0 unspecified atom stereocenters. The van der Waals surface area contributed by atoms with Crippen LogP contribution in [0, 0.1) is 0 Å². The molecule has 0 bridgehead atoms. The van der Waals surface area contributed by atoms with Crippen molar-refractivity contribution in [1.29, 1.82) is 0 Å². The van der Waals surface area contributed by atoms with Gasteiger partial charge in [0.2, 0.25) is 0 Å². The molecule has 19 heavy (non-hydrogen) atoms. The molecule has 1 aliphatic heterocycles. The summed E-state index contributed by atoms with van der Waals surface area (Å²) in [6.45, 7) is 5.93. The third-order valence-corrected chi connectivity index (χ3v) is 4.21. The van der Waals surface area contributed by atoms with Crippen LogP contribution in [-0.4, -0.2) is 17.3 Å². The third-order valence-electron chi connectivity index (χ3n) is 2.85. The summed E-state index contributed by atoms with van der Waals surface area (Å²) in [7, 11) is 0. The molecule has 0 radical (unpaired) electrons. The molecule has 5 heteroatoms. The molecule has 1 aromatic rings. The van der Waals surface area contributed by atoms with Crippen LogP contribution in [0.4, 0.5) is 11.4 Å². The summed E-state index contributed by atoms with van der Waals surface area (Å²) in [6.07, 6.45) is 2.29. The maximum absolute atomic E-state index is 12.1. The van der Waals surface area contributed by atoms with Crippen molar-refractivity contribution in [2.45, 2.75) is 19.8 Å². The van der Waals surface area contributed by atoms with Crippen molar-refractivity contribution >= 4 is 40.5 Å². The van der Waals surface area contributed by atoms with Gasteiger partial charge in [-0.15, -0.1) is 0 Å². The fourth-order valence-corrected chi connectivity index (χ4v) is 3.09. The standard InChI is InChI=1S/C14H17ClN2OS/c1-3-4-5-19-8-14(18)10-6-12-13(7-11(10)15)17-9(2)16-12/h6-7,16-17H,2-5,8H2,1H3. The highest BCUT2D eigenvalue weighted by atomic mass is 35.5. The minimum Gasteiger partial charge on any atom is -0.341 e. The van der Waals surface area contributed by atoms with Crippen molar-refractivity contribution in [2.24, 2.45) is 0 Å². The number of fused-ring (bicyclic) bond motifs is 1. The van der Waals surface area contributed by atoms with E-state index in [2.05, 4.69) is 24.1 Å². The van der Waals surface area contributed by atoms with Crippen LogP contribution in [0.5, 0.6) is 0 Å². The van der Waals surface area contributed by atoms with Crippen molar-refractivity contribution in [2.75, 3.05) is 22.1 Å². The Morgan fingerprint density at radius 1 is 1.37 bits per heavy atom. The number of Topliss-reactive ketones (excluding diaryl/α,β-unsaturated/α-hetero) is 1. The van der Waals surface area contributed by atoms with E-state index in [0.717, 1.165) is 30.0 Å². The maximum Gasteiger partial charge on any atom is 0.174 e. The lowest BCUT2D eigenvalue weighted by Crippen LogP contribution is -2.04. The lowest BCUT2D eigenvalue weighted by atomic mass is 10.1. The zero-order valence-electron chi connectivity index (χ0n) is 10.9. The molecule has 0 spiro atoms. The fraction of sp³-hybridized carbons (Fsp3) is 0.357. The van der Waals surface area contributed by atoms with Gasteiger partial charge in [0, 0.05) is 5.56 Å². The van der Waals surface area contributed by atoms with E-state index in [0.29, 0.717) is 22.2 Å². The number of anilines is 2. The highest BCUT2D eigenvalue weighted by molar-refractivity contribution is 7.99. The third kappa shape index (κ3) is 3.45. The SMILES string of the molecule is C=C1Nc2cc(Cl)c(C(=O)CSCCCC)cc2N1. The second-order valence-electron chi connectivity index (χ2n) is 4.44. The summed E-state index contributed by atoms with van der Waals surface area (Å²) in [5.74, 6) is 2.27. The Kier molecular flexibility index (Phi) is 4.77. The van der Waals surface area contributed by atoms with E-state index in [9.17, 15) is 4.79 Å². The zero-order valence-corrected chi connectivity index (χ0v) is 12.5. The predicted molar refractivity (Wildman–Crippen MR) is 84.4 cm³/mol. The van der Waals surface area contributed by atoms with Crippen LogP contribution in [0.2, 0.25) is 5.02 Å². The second-order valence-corrected chi connectivity index (χ2v) is 5.95. The predicted octanol–water partition coefficient (Wildman–Crippen LogP) is 4.36. The summed E-state index contributed by atoms with van der Waals surface area (Å²) < 4.78 is 0. The first-order chi connectivity index (χ1) is 9.11. The summed E-state index contributed by atoms with van der Waals surface area (Å²) in [4.78, 5) is 12.1. The van der Waals surface area contributed by atoms with Gasteiger partial charge in [-0.05, 0) is 24.3 Å². The largest absolute Gasteiger partial charge is 0.341 e. The first-order valence-electron chi connectivity index (χ1n) is 6.29. The minimum atomic E-state index is 0.0771. The van der Waals surface area contributed by atoms with E-state index < -0.39 is 0 Å². The lowest BCUT2D eigenvalue weighted by Gasteiger charge is -2.06. The molecule has 0 saturated carbocycles. The normalized spacial score (nSPS) is 12.8. The number of thioether (sulfide) groups is 1. The molecule has 1 aliphatic rings. The molecule has 1 aromatic carbocycles. The van der Waals surface area contributed by atoms with Crippen molar-refractivity contribution < 1.29 is 4.79 Å². The lowest BCUT2D eigenvalue weighted by molar-refractivity contribution is 0.102. The summed E-state index contributed by atoms with van der Waals surface area (Å²) >= 11 is 7.82. The number of unbranched alkanes of at least 4 members (excludes halogenated alkanes) is 1. The van der Waals surface area contributed by atoms with Crippen molar-refractivity contribution in [3.05, 3.63) is 35.1 Å². The number of benzene rings is 1. The van der Waals surface area contributed by atoms with Crippen LogP contribution >= 0.6 is 23.4 Å². The Hall–Kier alpha value is -1.13. The summed E-state index contributed by atoms with van der Waals surface area (Å²) in [6, 6.07) is 3.57. The van der Waals surface area contributed by atoms with Crippen molar-refractivity contribution in [1.82, 2.24) is 0 Å². The van der Waals surface area contributed by atoms with Gasteiger partial charge in [0.05, 0.1) is 22.2 Å². The van der Waals surface area contributed by atoms with E-state index in [1.807, 2.05) is 0 Å². The molecule has 1 heterocycles. The van der Waals surface area contributed by atoms with Crippen LogP contribution in [-0.2, 0) is 0 Å². The average Bonchev–Trinajstić information content (AvgIpc) is 2.72. The van der Waals surface area contributed by atoms with Gasteiger partial charge in [0.15, 0.2) is 5.78 Å². The van der Waals surface area contributed by atoms with Crippen LogP contribution in [0.1, 0.15) is 30.1 Å². The molecule has 0 aliphatic carbocycles. The Balaban J connectivity index is 2.06. The Labute approximate surface area is 122 Å². The van der Waals surface area contributed by atoms with E-state index in [4.69, 9.17) is 11.6 Å². The number of ketones is 1. The van der Waals surface area contributed by atoms with Crippen LogP contribution < -0.4 is 10.6 Å². The van der Waals surface area contributed by atoms with E-state index >= 15 is 0 Å². The van der Waals surface area contributed by atoms with Gasteiger partial charge >= 0.3 is 0 Å². The van der Waals surface area contributed by atoms with Gasteiger partial charge in [-0.2, -0.15) is 11.8 Å². The number of rotatable bonds is 6. The number of carbonyl (C=O) groups is 1. The topological polar surface area (TPSA) is 41.1 Å². The molecule has 2 N–H and O–H groups in total. The molecule has 0 aromatic heterocycles.